The molecule has 1 atom stereocenters. The number of hydrogen-bond acceptors (Lipinski definition) is 5. The Morgan fingerprint density at radius 3 is 2.91 bits per heavy atom. The molecule has 112 valence electrons. The first-order valence-corrected chi connectivity index (χ1v) is 7.40. The molecule has 0 aliphatic carbocycles. The number of imide groups is 1. The summed E-state index contributed by atoms with van der Waals surface area (Å²) < 4.78 is 1.31. The highest BCUT2D eigenvalue weighted by atomic mass is 32.1. The van der Waals surface area contributed by atoms with Gasteiger partial charge < -0.3 is 5.32 Å². The van der Waals surface area contributed by atoms with Crippen molar-refractivity contribution in [2.45, 2.75) is 0 Å². The second kappa shape index (κ2) is 5.30. The Labute approximate surface area is 130 Å². The van der Waals surface area contributed by atoms with Crippen LogP contribution in [0.5, 0.6) is 0 Å². The minimum Gasteiger partial charge on any atom is -0.323 e. The van der Waals surface area contributed by atoms with E-state index in [1.54, 1.807) is 30.6 Å². The molecule has 0 saturated heterocycles. The number of aliphatic imine (C=N–C) groups is 1. The highest BCUT2D eigenvalue weighted by Gasteiger charge is 2.47. The second-order valence-corrected chi connectivity index (χ2v) is 5.81. The van der Waals surface area contributed by atoms with Gasteiger partial charge in [0.25, 0.3) is 11.7 Å². The normalized spacial score (nSPS) is 20.9. The number of thiophene rings is 1. The highest BCUT2D eigenvalue weighted by molar-refractivity contribution is 7.12. The number of rotatable bonds is 2. The Hall–Kier alpha value is -2.61. The number of allylic oxidation sites excluding steroid dienone is 1. The van der Waals surface area contributed by atoms with E-state index in [1.165, 1.54) is 29.2 Å². The third-order valence-electron chi connectivity index (χ3n) is 3.53. The number of fused-ring (bicyclic) bond motifs is 1. The van der Waals surface area contributed by atoms with E-state index in [0.717, 1.165) is 4.90 Å². The molecule has 1 aromatic rings. The summed E-state index contributed by atoms with van der Waals surface area (Å²) in [5.74, 6) is -1.16. The third kappa shape index (κ3) is 2.17. The fourth-order valence-corrected chi connectivity index (χ4v) is 2.97. The average molecular weight is 317 g/mol. The van der Waals surface area contributed by atoms with Gasteiger partial charge in [-0.2, -0.15) is 9.48 Å². The molecule has 0 radical (unpaired) electrons. The number of hydrogen-bond donors (Lipinski definition) is 1. The molecule has 2 aliphatic heterocycles. The van der Waals surface area contributed by atoms with Crippen molar-refractivity contribution < 1.29 is 19.0 Å². The van der Waals surface area contributed by atoms with Gasteiger partial charge in [-0.25, -0.2) is 4.79 Å². The molecule has 7 nitrogen and oxygen atoms in total. The van der Waals surface area contributed by atoms with Crippen molar-refractivity contribution in [3.8, 4) is 0 Å². The van der Waals surface area contributed by atoms with Crippen molar-refractivity contribution in [1.29, 1.82) is 0 Å². The number of urea groups is 1. The summed E-state index contributed by atoms with van der Waals surface area (Å²) in [4.78, 5) is 42.2. The van der Waals surface area contributed by atoms with Crippen LogP contribution in [-0.4, -0.2) is 53.5 Å². The van der Waals surface area contributed by atoms with Crippen molar-refractivity contribution in [3.63, 3.8) is 0 Å². The molecule has 1 unspecified atom stereocenters. The number of dihydropyridines is 1. The third-order valence-corrected chi connectivity index (χ3v) is 4.40. The number of amides is 4. The van der Waals surface area contributed by atoms with Crippen molar-refractivity contribution >= 4 is 41.2 Å². The van der Waals surface area contributed by atoms with E-state index in [1.807, 2.05) is 0 Å². The maximum absolute atomic E-state index is 12.4. The predicted molar refractivity (Wildman–Crippen MR) is 81.2 cm³/mol. The van der Waals surface area contributed by atoms with E-state index in [9.17, 15) is 14.4 Å². The molecular weight excluding hydrogens is 304 g/mol. The van der Waals surface area contributed by atoms with Gasteiger partial charge in [-0.1, -0.05) is 6.07 Å². The summed E-state index contributed by atoms with van der Waals surface area (Å²) in [6.07, 6.45) is 3.05. The predicted octanol–water partition coefficient (Wildman–Crippen LogP) is 0.695. The molecule has 1 aromatic heterocycles. The summed E-state index contributed by atoms with van der Waals surface area (Å²) in [6.45, 7) is 0. The first-order chi connectivity index (χ1) is 10.5. The van der Waals surface area contributed by atoms with Crippen LogP contribution in [0.2, 0.25) is 0 Å². The Morgan fingerprint density at radius 1 is 1.45 bits per heavy atom. The molecule has 0 aromatic carbocycles. The zero-order valence-corrected chi connectivity index (χ0v) is 12.8. The second-order valence-electron chi connectivity index (χ2n) is 4.86. The number of carbonyl (C=O) groups is 3. The van der Waals surface area contributed by atoms with Gasteiger partial charge in [0.05, 0.1) is 19.0 Å². The molecule has 0 saturated carbocycles. The van der Waals surface area contributed by atoms with E-state index >= 15 is 0 Å². The lowest BCUT2D eigenvalue weighted by atomic mass is 9.98. The van der Waals surface area contributed by atoms with E-state index in [-0.39, 0.29) is 5.91 Å². The van der Waals surface area contributed by atoms with Gasteiger partial charge in [-0.15, -0.1) is 16.3 Å². The van der Waals surface area contributed by atoms with E-state index in [2.05, 4.69) is 10.3 Å². The quantitative estimate of drug-likeness (QED) is 0.815. The fourth-order valence-electron chi connectivity index (χ4n) is 2.35. The molecule has 3 rings (SSSR count). The Kier molecular flexibility index (Phi) is 3.45. The van der Waals surface area contributed by atoms with Crippen molar-refractivity contribution in [3.05, 3.63) is 34.2 Å². The number of amidine groups is 1. The van der Waals surface area contributed by atoms with Crippen LogP contribution >= 0.6 is 11.3 Å². The molecule has 4 amide bonds. The van der Waals surface area contributed by atoms with Gasteiger partial charge >= 0.3 is 11.9 Å². The van der Waals surface area contributed by atoms with Gasteiger partial charge in [-0.3, -0.25) is 9.59 Å². The number of carbonyl (C=O) groups excluding carboxylic acids is 3. The van der Waals surface area contributed by atoms with Gasteiger partial charge in [0.1, 0.15) is 6.21 Å². The molecular formula is C14H13N4O3S+. The Balaban J connectivity index is 1.95. The van der Waals surface area contributed by atoms with Crippen molar-refractivity contribution in [2.75, 3.05) is 14.1 Å². The maximum Gasteiger partial charge on any atom is 0.445 e. The minimum atomic E-state index is -0.776. The van der Waals surface area contributed by atoms with Crippen LogP contribution in [0, 0.1) is 5.92 Å². The molecule has 2 aliphatic rings. The lowest BCUT2D eigenvalue weighted by Gasteiger charge is -2.26. The lowest BCUT2D eigenvalue weighted by Crippen LogP contribution is -2.54. The van der Waals surface area contributed by atoms with Crippen LogP contribution in [0.15, 0.2) is 34.3 Å². The summed E-state index contributed by atoms with van der Waals surface area (Å²) in [5, 5.41) is 4.54. The molecule has 1 N–H and O–H groups in total. The fraction of sp³-hybridized carbons (Fsp3) is 0.214. The zero-order valence-electron chi connectivity index (χ0n) is 11.9. The van der Waals surface area contributed by atoms with E-state index in [0.29, 0.717) is 16.4 Å². The first-order valence-electron chi connectivity index (χ1n) is 6.52. The Morgan fingerprint density at radius 2 is 2.23 bits per heavy atom. The topological polar surface area (TPSA) is 81.8 Å². The van der Waals surface area contributed by atoms with Crippen molar-refractivity contribution in [2.24, 2.45) is 10.9 Å². The Bertz CT molecular complexity index is 761. The molecule has 8 heteroatoms. The minimum absolute atomic E-state index is 0.286. The van der Waals surface area contributed by atoms with Gasteiger partial charge in [-0.05, 0) is 17.5 Å². The molecule has 0 spiro atoms. The lowest BCUT2D eigenvalue weighted by molar-refractivity contribution is -0.407. The van der Waals surface area contributed by atoms with Crippen LogP contribution < -0.4 is 5.32 Å². The summed E-state index contributed by atoms with van der Waals surface area (Å²) >= 11 is 1.31. The first kappa shape index (κ1) is 14.3. The monoisotopic (exact) mass is 317 g/mol. The van der Waals surface area contributed by atoms with E-state index < -0.39 is 17.9 Å². The van der Waals surface area contributed by atoms with Crippen LogP contribution in [0.4, 0.5) is 4.79 Å². The van der Waals surface area contributed by atoms with E-state index in [4.69, 9.17) is 0 Å². The average Bonchev–Trinajstić information content (AvgIpc) is 3.05. The molecule has 22 heavy (non-hydrogen) atoms. The summed E-state index contributed by atoms with van der Waals surface area (Å²) in [7, 11) is 2.96. The number of nitrogens with one attached hydrogen (secondary N) is 1. The van der Waals surface area contributed by atoms with Crippen LogP contribution in [-0.2, 0) is 4.79 Å². The maximum atomic E-state index is 12.4. The highest BCUT2D eigenvalue weighted by Crippen LogP contribution is 2.22. The zero-order chi connectivity index (χ0) is 15.9. The SMILES string of the molecule is CN1C(=O)C2C(NC(=O)c3cccs3)=CC=NC2=[N+](C)C1=O. The van der Waals surface area contributed by atoms with Crippen LogP contribution in [0.3, 0.4) is 0 Å². The smallest absolute Gasteiger partial charge is 0.323 e. The number of nitrogens with zero attached hydrogens (tertiary/aromatic N) is 3. The molecule has 0 fully saturated rings. The van der Waals surface area contributed by atoms with Gasteiger partial charge in [0, 0.05) is 5.70 Å². The summed E-state index contributed by atoms with van der Waals surface area (Å²) in [6, 6.07) is 3.03. The van der Waals surface area contributed by atoms with Crippen molar-refractivity contribution in [1.82, 2.24) is 10.2 Å². The molecule has 3 heterocycles. The van der Waals surface area contributed by atoms with Gasteiger partial charge in [0.15, 0.2) is 5.92 Å². The van der Waals surface area contributed by atoms with Crippen LogP contribution in [0.1, 0.15) is 9.67 Å². The molecule has 0 bridgehead atoms. The van der Waals surface area contributed by atoms with Crippen LogP contribution in [0.25, 0.3) is 0 Å². The summed E-state index contributed by atoms with van der Waals surface area (Å²) in [5.41, 5.74) is 0.416. The largest absolute Gasteiger partial charge is 0.445 e. The standard InChI is InChI=1S/C14H12N4O3S/c1-17-11-10(13(20)18(2)14(17)21)8(5-6-15-11)16-12(19)9-4-3-7-22-9/h3-7,10H,1-2H3/p+1. The van der Waals surface area contributed by atoms with Gasteiger partial charge in [0.2, 0.25) is 0 Å².